The highest BCUT2D eigenvalue weighted by Crippen LogP contribution is 2.17. The second-order valence-corrected chi connectivity index (χ2v) is 6.81. The van der Waals surface area contributed by atoms with Gasteiger partial charge in [-0.1, -0.05) is 0 Å². The van der Waals surface area contributed by atoms with Crippen molar-refractivity contribution in [3.63, 3.8) is 0 Å². The van der Waals surface area contributed by atoms with E-state index in [9.17, 15) is 8.42 Å². The molecule has 9 heteroatoms. The number of hydrogen-bond acceptors (Lipinski definition) is 4. The molecule has 21 heavy (non-hydrogen) atoms. The normalized spacial score (nSPS) is 17.0. The van der Waals surface area contributed by atoms with Gasteiger partial charge >= 0.3 is 0 Å². The van der Waals surface area contributed by atoms with Crippen molar-refractivity contribution in [1.82, 2.24) is 14.9 Å². The van der Waals surface area contributed by atoms with Gasteiger partial charge in [0.05, 0.1) is 19.1 Å². The van der Waals surface area contributed by atoms with Gasteiger partial charge in [0, 0.05) is 32.6 Å². The first-order valence-corrected chi connectivity index (χ1v) is 8.26. The largest absolute Gasteiger partial charge is 0.467 e. The van der Waals surface area contributed by atoms with Gasteiger partial charge in [-0.2, -0.15) is 0 Å². The summed E-state index contributed by atoms with van der Waals surface area (Å²) in [4.78, 5) is 4.11. The summed E-state index contributed by atoms with van der Waals surface area (Å²) in [6, 6.07) is 3.72. The molecule has 0 unspecified atom stereocenters. The predicted molar refractivity (Wildman–Crippen MR) is 92.2 cm³/mol. The van der Waals surface area contributed by atoms with Crippen LogP contribution in [-0.4, -0.2) is 51.6 Å². The van der Waals surface area contributed by atoms with E-state index in [4.69, 9.17) is 4.42 Å². The Morgan fingerprint density at radius 1 is 1.48 bits per heavy atom. The Labute approximate surface area is 142 Å². The lowest BCUT2D eigenvalue weighted by molar-refractivity contribution is 0.203. The minimum atomic E-state index is -3.04. The van der Waals surface area contributed by atoms with Gasteiger partial charge < -0.3 is 15.1 Å². The highest BCUT2D eigenvalue weighted by molar-refractivity contribution is 14.0. The van der Waals surface area contributed by atoms with E-state index >= 15 is 0 Å². The Balaban J connectivity index is 0.00000220. The van der Waals surface area contributed by atoms with E-state index in [1.165, 1.54) is 10.6 Å². The SMILES string of the molecule is CN=C(NCc1ccco1)NCC1CN(S(C)(=O)=O)C1.I. The maximum atomic E-state index is 11.2. The highest BCUT2D eigenvalue weighted by Gasteiger charge is 2.32. The molecule has 1 fully saturated rings. The van der Waals surface area contributed by atoms with Gasteiger partial charge in [0.25, 0.3) is 0 Å². The molecule has 0 amide bonds. The van der Waals surface area contributed by atoms with Gasteiger partial charge in [0.2, 0.25) is 10.0 Å². The number of guanidine groups is 1. The zero-order valence-corrected chi connectivity index (χ0v) is 15.2. The molecule has 0 spiro atoms. The molecule has 0 radical (unpaired) electrons. The van der Waals surface area contributed by atoms with Gasteiger partial charge in [0.1, 0.15) is 5.76 Å². The molecule has 2 N–H and O–H groups in total. The molecule has 0 aliphatic carbocycles. The van der Waals surface area contributed by atoms with Gasteiger partial charge in [-0.05, 0) is 12.1 Å². The standard InChI is InChI=1S/C12H20N4O3S.HI/c1-13-12(15-7-11-4-3-5-19-11)14-6-10-8-16(9-10)20(2,17)18;/h3-5,10H,6-9H2,1-2H3,(H2,13,14,15);1H. The van der Waals surface area contributed by atoms with E-state index in [0.29, 0.717) is 38.1 Å². The van der Waals surface area contributed by atoms with Crippen molar-refractivity contribution in [3.8, 4) is 0 Å². The fraction of sp³-hybridized carbons (Fsp3) is 0.583. The summed E-state index contributed by atoms with van der Waals surface area (Å²) in [5, 5.41) is 6.31. The summed E-state index contributed by atoms with van der Waals surface area (Å²) in [7, 11) is -1.34. The molecule has 7 nitrogen and oxygen atoms in total. The van der Waals surface area contributed by atoms with Gasteiger partial charge in [-0.15, -0.1) is 24.0 Å². The molecule has 1 aliphatic rings. The minimum Gasteiger partial charge on any atom is -0.467 e. The lowest BCUT2D eigenvalue weighted by atomic mass is 10.0. The molecule has 1 saturated heterocycles. The minimum absolute atomic E-state index is 0. The second kappa shape index (κ2) is 7.99. The summed E-state index contributed by atoms with van der Waals surface area (Å²) >= 11 is 0. The number of halogens is 1. The highest BCUT2D eigenvalue weighted by atomic mass is 127. The zero-order valence-electron chi connectivity index (χ0n) is 12.1. The molecule has 0 atom stereocenters. The van der Waals surface area contributed by atoms with E-state index in [2.05, 4.69) is 15.6 Å². The Morgan fingerprint density at radius 2 is 2.19 bits per heavy atom. The monoisotopic (exact) mass is 428 g/mol. The number of rotatable bonds is 5. The van der Waals surface area contributed by atoms with Crippen LogP contribution in [0.25, 0.3) is 0 Å². The van der Waals surface area contributed by atoms with Crippen LogP contribution in [0.5, 0.6) is 0 Å². The van der Waals surface area contributed by atoms with Crippen LogP contribution in [0, 0.1) is 5.92 Å². The van der Waals surface area contributed by atoms with Crippen LogP contribution < -0.4 is 10.6 Å². The molecule has 0 aromatic carbocycles. The van der Waals surface area contributed by atoms with Crippen LogP contribution in [0.3, 0.4) is 0 Å². The lowest BCUT2D eigenvalue weighted by Gasteiger charge is -2.37. The van der Waals surface area contributed by atoms with E-state index in [1.807, 2.05) is 12.1 Å². The molecule has 0 bridgehead atoms. The summed E-state index contributed by atoms with van der Waals surface area (Å²) in [5.41, 5.74) is 0. The number of furan rings is 1. The second-order valence-electron chi connectivity index (χ2n) is 4.83. The third-order valence-electron chi connectivity index (χ3n) is 3.18. The lowest BCUT2D eigenvalue weighted by Crippen LogP contribution is -2.54. The Kier molecular flexibility index (Phi) is 6.94. The Bertz CT molecular complexity index is 553. The maximum absolute atomic E-state index is 11.2. The Hall–Kier alpha value is -0.810. The Morgan fingerprint density at radius 3 is 2.71 bits per heavy atom. The quantitative estimate of drug-likeness (QED) is 0.404. The molecular weight excluding hydrogens is 407 g/mol. The zero-order chi connectivity index (χ0) is 14.6. The molecule has 2 heterocycles. The predicted octanol–water partition coefficient (Wildman–Crippen LogP) is 0.454. The smallest absolute Gasteiger partial charge is 0.211 e. The molecule has 2 rings (SSSR count). The van der Waals surface area contributed by atoms with Crippen LogP contribution in [-0.2, 0) is 16.6 Å². The number of sulfonamides is 1. The first-order valence-electron chi connectivity index (χ1n) is 6.41. The molecular formula is C12H21IN4O3S. The summed E-state index contributed by atoms with van der Waals surface area (Å²) in [5.74, 6) is 1.84. The van der Waals surface area contributed by atoms with Crippen molar-refractivity contribution < 1.29 is 12.8 Å². The third kappa shape index (κ3) is 5.47. The number of aliphatic imine (C=N–C) groups is 1. The van der Waals surface area contributed by atoms with Crippen molar-refractivity contribution >= 4 is 40.0 Å². The van der Waals surface area contributed by atoms with Gasteiger partial charge in [-0.3, -0.25) is 4.99 Å². The fourth-order valence-corrected chi connectivity index (χ4v) is 2.93. The van der Waals surface area contributed by atoms with E-state index < -0.39 is 10.0 Å². The molecule has 120 valence electrons. The average Bonchev–Trinajstić information content (AvgIpc) is 2.82. The van der Waals surface area contributed by atoms with E-state index in [-0.39, 0.29) is 24.0 Å². The number of nitrogens with zero attached hydrogens (tertiary/aromatic N) is 2. The van der Waals surface area contributed by atoms with E-state index in [1.54, 1.807) is 13.3 Å². The molecule has 0 saturated carbocycles. The van der Waals surface area contributed by atoms with Crippen LogP contribution >= 0.6 is 24.0 Å². The van der Waals surface area contributed by atoms with Crippen molar-refractivity contribution in [2.75, 3.05) is 32.9 Å². The first kappa shape index (κ1) is 18.2. The topological polar surface area (TPSA) is 86.9 Å². The van der Waals surface area contributed by atoms with Crippen molar-refractivity contribution in [1.29, 1.82) is 0 Å². The van der Waals surface area contributed by atoms with Crippen molar-refractivity contribution in [2.24, 2.45) is 10.9 Å². The van der Waals surface area contributed by atoms with Crippen molar-refractivity contribution in [3.05, 3.63) is 24.2 Å². The summed E-state index contributed by atoms with van der Waals surface area (Å²) in [6.07, 6.45) is 2.86. The fourth-order valence-electron chi connectivity index (χ4n) is 1.97. The number of nitrogens with one attached hydrogen (secondary N) is 2. The van der Waals surface area contributed by atoms with E-state index in [0.717, 1.165) is 5.76 Å². The maximum Gasteiger partial charge on any atom is 0.211 e. The van der Waals surface area contributed by atoms with Gasteiger partial charge in [0.15, 0.2) is 5.96 Å². The third-order valence-corrected chi connectivity index (χ3v) is 4.42. The van der Waals surface area contributed by atoms with Gasteiger partial charge in [-0.25, -0.2) is 12.7 Å². The summed E-state index contributed by atoms with van der Waals surface area (Å²) in [6.45, 7) is 2.40. The average molecular weight is 428 g/mol. The molecule has 1 aromatic heterocycles. The van der Waals surface area contributed by atoms with Crippen LogP contribution in [0.1, 0.15) is 5.76 Å². The summed E-state index contributed by atoms with van der Waals surface area (Å²) < 4.78 is 29.2. The molecule has 1 aromatic rings. The van der Waals surface area contributed by atoms with Crippen LogP contribution in [0.2, 0.25) is 0 Å². The molecule has 1 aliphatic heterocycles. The first-order chi connectivity index (χ1) is 9.49. The van der Waals surface area contributed by atoms with Crippen molar-refractivity contribution in [2.45, 2.75) is 6.54 Å². The number of hydrogen-bond donors (Lipinski definition) is 2. The van der Waals surface area contributed by atoms with Crippen LogP contribution in [0.4, 0.5) is 0 Å². The van der Waals surface area contributed by atoms with Crippen LogP contribution in [0.15, 0.2) is 27.8 Å².